The Morgan fingerprint density at radius 2 is 2.07 bits per heavy atom. The number of nitrogens with one attached hydrogen (secondary N) is 5. The summed E-state index contributed by atoms with van der Waals surface area (Å²) in [5.74, 6) is -1.20. The van der Waals surface area contributed by atoms with Gasteiger partial charge in [0.15, 0.2) is 17.2 Å². The van der Waals surface area contributed by atoms with Gasteiger partial charge >= 0.3 is 6.18 Å². The highest BCUT2D eigenvalue weighted by Crippen LogP contribution is 2.39. The van der Waals surface area contributed by atoms with Crippen molar-refractivity contribution in [1.29, 1.82) is 0 Å². The Kier molecular flexibility index (Phi) is 8.00. The molecule has 0 bridgehead atoms. The molecule has 2 amide bonds. The fourth-order valence-electron chi connectivity index (χ4n) is 4.47. The van der Waals surface area contributed by atoms with Crippen molar-refractivity contribution in [2.24, 2.45) is 0 Å². The highest BCUT2D eigenvalue weighted by molar-refractivity contribution is 6.36. The molecular weight excluding hydrogens is 583 g/mol. The van der Waals surface area contributed by atoms with Crippen molar-refractivity contribution in [2.45, 2.75) is 31.6 Å². The average molecular weight is 606 g/mol. The molecule has 0 aliphatic carbocycles. The van der Waals surface area contributed by atoms with Gasteiger partial charge in [-0.15, -0.1) is 0 Å². The first kappa shape index (κ1) is 28.8. The number of amides is 2. The molecule has 0 radical (unpaired) electrons. The molecule has 17 heteroatoms. The van der Waals surface area contributed by atoms with E-state index in [1.54, 1.807) is 0 Å². The summed E-state index contributed by atoms with van der Waals surface area (Å²) >= 11 is 6.45. The van der Waals surface area contributed by atoms with Gasteiger partial charge in [-0.1, -0.05) is 11.6 Å². The maximum Gasteiger partial charge on any atom is 0.433 e. The molecular formula is C25H23ClF3N9O4. The minimum Gasteiger partial charge on any atom is -0.425 e. The number of H-pyrrole nitrogens is 1. The van der Waals surface area contributed by atoms with E-state index in [1.165, 1.54) is 42.0 Å². The number of fused-ring (bicyclic) bond motifs is 1. The number of hydrogen-bond donors (Lipinski definition) is 5. The van der Waals surface area contributed by atoms with E-state index in [2.05, 4.69) is 36.3 Å². The van der Waals surface area contributed by atoms with Gasteiger partial charge in [0.05, 0.1) is 39.9 Å². The molecule has 42 heavy (non-hydrogen) atoms. The van der Waals surface area contributed by atoms with Gasteiger partial charge in [0, 0.05) is 25.0 Å². The number of carbonyl (C=O) groups excluding carboxylic acids is 3. The fraction of sp³-hybridized carbons (Fsp3) is 0.280. The van der Waals surface area contributed by atoms with Crippen molar-refractivity contribution < 1.29 is 32.3 Å². The topological polar surface area (TPSA) is 167 Å². The molecule has 0 saturated carbocycles. The molecule has 3 aromatic heterocycles. The lowest BCUT2D eigenvalue weighted by atomic mass is 10.1. The number of anilines is 2. The third kappa shape index (κ3) is 5.71. The standard InChI is InChI=1S/C25H23ClF3N9O4/c1-12(23(40)35-13-4-5-30-8-13)34-24(41)14-2-3-16(19(18(14)26)42-11-39)36-21-22-32-10-17(38(22)7-6-31-21)15-9-33-37-20(15)25(27,28)29/h2-3,6-7,9-13,30H,4-5,8H2,1H3,(H,31,36)(H,33,37)(H,34,41)(H,35,40)/t12-,13-/m0/s1. The van der Waals surface area contributed by atoms with Crippen LogP contribution in [0.25, 0.3) is 16.9 Å². The number of aromatic nitrogens is 5. The molecule has 220 valence electrons. The van der Waals surface area contributed by atoms with Crippen LogP contribution in [-0.4, -0.2) is 68.0 Å². The second kappa shape index (κ2) is 11.7. The average Bonchev–Trinajstić information content (AvgIpc) is 3.71. The molecule has 5 N–H and O–H groups in total. The lowest BCUT2D eigenvalue weighted by molar-refractivity contribution is -0.140. The summed E-state index contributed by atoms with van der Waals surface area (Å²) in [6.07, 6.45) is 1.11. The zero-order valence-corrected chi connectivity index (χ0v) is 22.5. The molecule has 1 aliphatic rings. The summed E-state index contributed by atoms with van der Waals surface area (Å²) < 4.78 is 46.8. The first-order valence-corrected chi connectivity index (χ1v) is 12.9. The monoisotopic (exact) mass is 605 g/mol. The van der Waals surface area contributed by atoms with E-state index < -0.39 is 23.8 Å². The van der Waals surface area contributed by atoms with E-state index in [9.17, 15) is 27.6 Å². The van der Waals surface area contributed by atoms with E-state index in [1.807, 2.05) is 5.10 Å². The molecule has 13 nitrogen and oxygen atoms in total. The Bertz CT molecular complexity index is 1650. The maximum atomic E-state index is 13.4. The molecule has 2 atom stereocenters. The van der Waals surface area contributed by atoms with Crippen LogP contribution in [0.4, 0.5) is 24.7 Å². The van der Waals surface area contributed by atoms with E-state index in [0.717, 1.165) is 19.2 Å². The van der Waals surface area contributed by atoms with Crippen molar-refractivity contribution in [3.8, 4) is 17.0 Å². The minimum atomic E-state index is -4.68. The summed E-state index contributed by atoms with van der Waals surface area (Å²) in [6, 6.07) is 1.82. The molecule has 1 fully saturated rings. The van der Waals surface area contributed by atoms with Gasteiger partial charge in [-0.2, -0.15) is 18.3 Å². The molecule has 1 aliphatic heterocycles. The Labute approximate surface area is 240 Å². The van der Waals surface area contributed by atoms with Crippen molar-refractivity contribution in [3.05, 3.63) is 53.2 Å². The van der Waals surface area contributed by atoms with Gasteiger partial charge in [-0.3, -0.25) is 23.9 Å². The Morgan fingerprint density at radius 1 is 1.26 bits per heavy atom. The Balaban J connectivity index is 1.40. The van der Waals surface area contributed by atoms with Gasteiger partial charge in [0.25, 0.3) is 12.4 Å². The number of halogens is 4. The summed E-state index contributed by atoms with van der Waals surface area (Å²) in [7, 11) is 0. The molecule has 4 heterocycles. The van der Waals surface area contributed by atoms with Crippen LogP contribution in [0.1, 0.15) is 29.4 Å². The van der Waals surface area contributed by atoms with Crippen LogP contribution in [0.2, 0.25) is 5.02 Å². The normalized spacial score (nSPS) is 15.8. The summed E-state index contributed by atoms with van der Waals surface area (Å²) in [4.78, 5) is 45.2. The van der Waals surface area contributed by atoms with Crippen molar-refractivity contribution in [1.82, 2.24) is 40.5 Å². The Morgan fingerprint density at radius 3 is 2.79 bits per heavy atom. The van der Waals surface area contributed by atoms with Gasteiger partial charge in [0.2, 0.25) is 5.91 Å². The number of rotatable bonds is 9. The quantitative estimate of drug-likeness (QED) is 0.180. The van der Waals surface area contributed by atoms with E-state index in [-0.39, 0.29) is 63.2 Å². The number of carbonyl (C=O) groups is 3. The molecule has 5 rings (SSSR count). The van der Waals surface area contributed by atoms with Crippen molar-refractivity contribution in [2.75, 3.05) is 18.4 Å². The van der Waals surface area contributed by atoms with E-state index >= 15 is 0 Å². The second-order valence-corrected chi connectivity index (χ2v) is 9.68. The highest BCUT2D eigenvalue weighted by Gasteiger charge is 2.36. The van der Waals surface area contributed by atoms with Crippen LogP contribution in [-0.2, 0) is 15.8 Å². The highest BCUT2D eigenvalue weighted by atomic mass is 35.5. The molecule has 0 spiro atoms. The van der Waals surface area contributed by atoms with Crippen LogP contribution in [0.5, 0.6) is 5.75 Å². The van der Waals surface area contributed by atoms with Crippen LogP contribution in [0, 0.1) is 0 Å². The third-order valence-corrected chi connectivity index (χ3v) is 6.91. The number of alkyl halides is 3. The lowest BCUT2D eigenvalue weighted by Gasteiger charge is -2.18. The SMILES string of the molecule is C[C@H](NC(=O)c1ccc(Nc2nccn3c(-c4cn[nH]c4C(F)(F)F)cnc23)c(OC=O)c1Cl)C(=O)N[C@H]1CCNC1. The third-order valence-electron chi connectivity index (χ3n) is 6.54. The molecule has 4 aromatic rings. The molecule has 0 unspecified atom stereocenters. The number of imidazole rings is 1. The van der Waals surface area contributed by atoms with Crippen LogP contribution in [0.15, 0.2) is 36.9 Å². The maximum absolute atomic E-state index is 13.4. The first-order chi connectivity index (χ1) is 20.1. The van der Waals surface area contributed by atoms with Crippen LogP contribution >= 0.6 is 11.6 Å². The number of hydrogen-bond acceptors (Lipinski definition) is 9. The van der Waals surface area contributed by atoms with Gasteiger partial charge in [0.1, 0.15) is 11.7 Å². The van der Waals surface area contributed by atoms with Gasteiger partial charge in [-0.05, 0) is 32.0 Å². The van der Waals surface area contributed by atoms with Crippen molar-refractivity contribution >= 4 is 47.0 Å². The summed E-state index contributed by atoms with van der Waals surface area (Å²) in [5, 5.41) is 16.7. The smallest absolute Gasteiger partial charge is 0.425 e. The predicted molar refractivity (Wildman–Crippen MR) is 143 cm³/mol. The van der Waals surface area contributed by atoms with E-state index in [4.69, 9.17) is 16.3 Å². The minimum absolute atomic E-state index is 0.0333. The summed E-state index contributed by atoms with van der Waals surface area (Å²) in [6.45, 7) is 3.06. The number of nitrogens with zero attached hydrogens (tertiary/aromatic N) is 4. The number of ether oxygens (including phenoxy) is 1. The summed E-state index contributed by atoms with van der Waals surface area (Å²) in [5.41, 5.74) is -1.01. The zero-order valence-electron chi connectivity index (χ0n) is 21.8. The van der Waals surface area contributed by atoms with Crippen LogP contribution < -0.4 is 26.0 Å². The molecule has 1 aromatic carbocycles. The van der Waals surface area contributed by atoms with Gasteiger partial charge < -0.3 is 26.0 Å². The molecule has 1 saturated heterocycles. The fourth-order valence-corrected chi connectivity index (χ4v) is 4.76. The lowest BCUT2D eigenvalue weighted by Crippen LogP contribution is -2.48. The second-order valence-electron chi connectivity index (χ2n) is 9.31. The first-order valence-electron chi connectivity index (χ1n) is 12.5. The zero-order chi connectivity index (χ0) is 30.0. The number of benzene rings is 1. The number of aromatic amines is 1. The van der Waals surface area contributed by atoms with E-state index in [0.29, 0.717) is 6.54 Å². The predicted octanol–water partition coefficient (Wildman–Crippen LogP) is 2.67. The van der Waals surface area contributed by atoms with Crippen LogP contribution in [0.3, 0.4) is 0 Å². The van der Waals surface area contributed by atoms with Crippen molar-refractivity contribution in [3.63, 3.8) is 0 Å². The Hall–Kier alpha value is -4.70. The largest absolute Gasteiger partial charge is 0.433 e. The van der Waals surface area contributed by atoms with Gasteiger partial charge in [-0.25, -0.2) is 9.97 Å².